The van der Waals surface area contributed by atoms with Crippen molar-refractivity contribution in [2.45, 2.75) is 33.2 Å². The average molecular weight is 310 g/mol. The van der Waals surface area contributed by atoms with Gasteiger partial charge in [-0.05, 0) is 26.2 Å². The van der Waals surface area contributed by atoms with Crippen molar-refractivity contribution in [1.82, 2.24) is 0 Å². The van der Waals surface area contributed by atoms with Gasteiger partial charge in [0.2, 0.25) is 0 Å². The molecule has 0 amide bonds. The molecule has 1 aliphatic rings. The van der Waals surface area contributed by atoms with Crippen LogP contribution in [0, 0.1) is 21.8 Å². The van der Waals surface area contributed by atoms with Gasteiger partial charge in [0.05, 0.1) is 28.8 Å². The van der Waals surface area contributed by atoms with Gasteiger partial charge in [-0.1, -0.05) is 6.92 Å². The Kier molecular flexibility index (Phi) is 4.63. The Balaban J connectivity index is 2.56. The van der Waals surface area contributed by atoms with Crippen LogP contribution in [0.15, 0.2) is 12.1 Å². The van der Waals surface area contributed by atoms with Gasteiger partial charge < -0.3 is 9.64 Å². The maximum Gasteiger partial charge on any atom is 0.340 e. The fourth-order valence-corrected chi connectivity index (χ4v) is 2.76. The zero-order valence-electron chi connectivity index (χ0n) is 12.8. The van der Waals surface area contributed by atoms with E-state index < -0.39 is 22.4 Å². The maximum absolute atomic E-state index is 14.5. The number of non-ortho nitro benzene ring substituents is 1. The number of esters is 1. The Morgan fingerprint density at radius 2 is 2.18 bits per heavy atom. The summed E-state index contributed by atoms with van der Waals surface area (Å²) >= 11 is 0. The van der Waals surface area contributed by atoms with E-state index in [0.717, 1.165) is 18.6 Å². The smallest absolute Gasteiger partial charge is 0.340 e. The lowest BCUT2D eigenvalue weighted by Crippen LogP contribution is -2.31. The number of ether oxygens (including phenoxy) is 1. The SMILES string of the molecule is CCOC(=O)c1cc([N+](=O)[O-])cc(F)c1N1CCC(C)C1C. The van der Waals surface area contributed by atoms with Crippen LogP contribution in [-0.2, 0) is 4.74 Å². The van der Waals surface area contributed by atoms with Crippen molar-refractivity contribution in [3.05, 3.63) is 33.6 Å². The molecule has 1 aromatic carbocycles. The molecule has 1 heterocycles. The molecule has 6 nitrogen and oxygen atoms in total. The predicted molar refractivity (Wildman–Crippen MR) is 79.6 cm³/mol. The molecule has 0 radical (unpaired) electrons. The van der Waals surface area contributed by atoms with Crippen molar-refractivity contribution in [2.75, 3.05) is 18.1 Å². The molecule has 0 saturated carbocycles. The molecule has 2 atom stereocenters. The van der Waals surface area contributed by atoms with E-state index in [4.69, 9.17) is 4.74 Å². The number of benzene rings is 1. The zero-order chi connectivity index (χ0) is 16.4. The normalized spacial score (nSPS) is 21.0. The highest BCUT2D eigenvalue weighted by Crippen LogP contribution is 2.36. The van der Waals surface area contributed by atoms with Crippen LogP contribution in [0.3, 0.4) is 0 Å². The standard InChI is InChI=1S/C15H19FN2O4/c1-4-22-15(19)12-7-11(18(20)21)8-13(16)14(12)17-6-5-9(2)10(17)3/h7-10H,4-6H2,1-3H3. The van der Waals surface area contributed by atoms with Crippen LogP contribution in [0.1, 0.15) is 37.6 Å². The monoisotopic (exact) mass is 310 g/mol. The van der Waals surface area contributed by atoms with Crippen molar-refractivity contribution in [2.24, 2.45) is 5.92 Å². The third kappa shape index (κ3) is 2.88. The fraction of sp³-hybridized carbons (Fsp3) is 0.533. The molecular formula is C15H19FN2O4. The van der Waals surface area contributed by atoms with Crippen LogP contribution in [0.2, 0.25) is 0 Å². The molecular weight excluding hydrogens is 291 g/mol. The summed E-state index contributed by atoms with van der Waals surface area (Å²) < 4.78 is 19.4. The number of hydrogen-bond acceptors (Lipinski definition) is 5. The molecule has 0 N–H and O–H groups in total. The van der Waals surface area contributed by atoms with E-state index >= 15 is 0 Å². The second kappa shape index (κ2) is 6.29. The molecule has 1 aromatic rings. The maximum atomic E-state index is 14.5. The molecule has 0 aromatic heterocycles. The Morgan fingerprint density at radius 3 is 2.68 bits per heavy atom. The summed E-state index contributed by atoms with van der Waals surface area (Å²) in [4.78, 5) is 24.1. The Labute approximate surface area is 128 Å². The van der Waals surface area contributed by atoms with E-state index in [9.17, 15) is 19.3 Å². The number of carbonyl (C=O) groups is 1. The molecule has 0 bridgehead atoms. The van der Waals surface area contributed by atoms with Gasteiger partial charge in [-0.15, -0.1) is 0 Å². The number of hydrogen-bond donors (Lipinski definition) is 0. The predicted octanol–water partition coefficient (Wildman–Crippen LogP) is 3.15. The number of halogens is 1. The summed E-state index contributed by atoms with van der Waals surface area (Å²) in [6.45, 7) is 6.36. The summed E-state index contributed by atoms with van der Waals surface area (Å²) in [5.74, 6) is -1.16. The highest BCUT2D eigenvalue weighted by Gasteiger charge is 2.33. The third-order valence-electron chi connectivity index (χ3n) is 4.18. The number of nitrogens with zero attached hydrogens (tertiary/aromatic N) is 2. The van der Waals surface area contributed by atoms with Crippen LogP contribution < -0.4 is 4.90 Å². The summed E-state index contributed by atoms with van der Waals surface area (Å²) in [6, 6.07) is 1.99. The molecule has 2 unspecified atom stereocenters. The summed E-state index contributed by atoms with van der Waals surface area (Å²) in [6.07, 6.45) is 0.875. The lowest BCUT2D eigenvalue weighted by Gasteiger charge is -2.27. The van der Waals surface area contributed by atoms with Gasteiger partial charge >= 0.3 is 5.97 Å². The molecule has 2 rings (SSSR count). The van der Waals surface area contributed by atoms with Crippen molar-refractivity contribution < 1.29 is 18.8 Å². The molecule has 7 heteroatoms. The van der Waals surface area contributed by atoms with E-state index in [1.54, 1.807) is 11.8 Å². The third-order valence-corrected chi connectivity index (χ3v) is 4.18. The molecule has 1 saturated heterocycles. The van der Waals surface area contributed by atoms with E-state index in [0.29, 0.717) is 12.5 Å². The second-order valence-corrected chi connectivity index (χ2v) is 5.50. The van der Waals surface area contributed by atoms with Gasteiger partial charge in [0.1, 0.15) is 0 Å². The van der Waals surface area contributed by atoms with Crippen LogP contribution in [0.4, 0.5) is 15.8 Å². The average Bonchev–Trinajstić information content (AvgIpc) is 2.78. The van der Waals surface area contributed by atoms with E-state index in [1.807, 2.05) is 6.92 Å². The number of rotatable bonds is 4. The lowest BCUT2D eigenvalue weighted by molar-refractivity contribution is -0.385. The van der Waals surface area contributed by atoms with Crippen LogP contribution in [-0.4, -0.2) is 30.1 Å². The number of anilines is 1. The first-order valence-electron chi connectivity index (χ1n) is 7.28. The van der Waals surface area contributed by atoms with Gasteiger partial charge in [0, 0.05) is 18.7 Å². The topological polar surface area (TPSA) is 72.7 Å². The first-order chi connectivity index (χ1) is 10.4. The Hall–Kier alpha value is -2.18. The van der Waals surface area contributed by atoms with Crippen molar-refractivity contribution >= 4 is 17.3 Å². The van der Waals surface area contributed by atoms with Gasteiger partial charge in [-0.25, -0.2) is 9.18 Å². The highest BCUT2D eigenvalue weighted by atomic mass is 19.1. The van der Waals surface area contributed by atoms with Crippen molar-refractivity contribution in [1.29, 1.82) is 0 Å². The van der Waals surface area contributed by atoms with E-state index in [2.05, 4.69) is 6.92 Å². The molecule has 1 aliphatic heterocycles. The molecule has 1 fully saturated rings. The molecule has 22 heavy (non-hydrogen) atoms. The first-order valence-corrected chi connectivity index (χ1v) is 7.28. The largest absolute Gasteiger partial charge is 0.462 e. The van der Waals surface area contributed by atoms with E-state index in [-0.39, 0.29) is 23.9 Å². The molecule has 0 spiro atoms. The number of carbonyl (C=O) groups excluding carboxylic acids is 1. The van der Waals surface area contributed by atoms with Crippen LogP contribution in [0.25, 0.3) is 0 Å². The zero-order valence-corrected chi connectivity index (χ0v) is 12.8. The fourth-order valence-electron chi connectivity index (χ4n) is 2.76. The van der Waals surface area contributed by atoms with Crippen LogP contribution >= 0.6 is 0 Å². The quantitative estimate of drug-likeness (QED) is 0.485. The number of nitro benzene ring substituents is 1. The van der Waals surface area contributed by atoms with Gasteiger partial charge in [0.15, 0.2) is 5.82 Å². The number of nitro groups is 1. The minimum absolute atomic E-state index is 0.0455. The van der Waals surface area contributed by atoms with Gasteiger partial charge in [-0.3, -0.25) is 10.1 Å². The highest BCUT2D eigenvalue weighted by molar-refractivity contribution is 5.97. The van der Waals surface area contributed by atoms with E-state index in [1.165, 1.54) is 0 Å². The van der Waals surface area contributed by atoms with Gasteiger partial charge in [-0.2, -0.15) is 0 Å². The Bertz CT molecular complexity index is 605. The summed E-state index contributed by atoms with van der Waals surface area (Å²) in [5, 5.41) is 10.9. The summed E-state index contributed by atoms with van der Waals surface area (Å²) in [7, 11) is 0. The minimum atomic E-state index is -0.766. The van der Waals surface area contributed by atoms with Gasteiger partial charge in [0.25, 0.3) is 5.69 Å². The summed E-state index contributed by atoms with van der Waals surface area (Å²) in [5.41, 5.74) is -0.445. The lowest BCUT2D eigenvalue weighted by atomic mass is 10.0. The Morgan fingerprint density at radius 1 is 1.50 bits per heavy atom. The second-order valence-electron chi connectivity index (χ2n) is 5.50. The first kappa shape index (κ1) is 16.2. The molecule has 0 aliphatic carbocycles. The molecule has 120 valence electrons. The van der Waals surface area contributed by atoms with Crippen molar-refractivity contribution in [3.63, 3.8) is 0 Å². The minimum Gasteiger partial charge on any atom is -0.462 e. The van der Waals surface area contributed by atoms with Crippen molar-refractivity contribution in [3.8, 4) is 0 Å². The van der Waals surface area contributed by atoms with Crippen LogP contribution in [0.5, 0.6) is 0 Å².